The van der Waals surface area contributed by atoms with Gasteiger partial charge in [0.25, 0.3) is 5.91 Å². The first-order valence-electron chi connectivity index (χ1n) is 7.52. The molecule has 3 rings (SSSR count). The van der Waals surface area contributed by atoms with Crippen molar-refractivity contribution in [3.8, 4) is 11.5 Å². The molecule has 0 bridgehead atoms. The number of para-hydroxylation sites is 1. The summed E-state index contributed by atoms with van der Waals surface area (Å²) in [6.07, 6.45) is 1.57. The number of nitrogens with zero attached hydrogens (tertiary/aromatic N) is 1. The van der Waals surface area contributed by atoms with Crippen LogP contribution in [0.4, 0.5) is 14.5 Å². The number of methoxy groups -OCH3 is 1. The minimum atomic E-state index is -2.97. The summed E-state index contributed by atoms with van der Waals surface area (Å²) in [5.74, 6) is -0.224. The molecule has 26 heavy (non-hydrogen) atoms. The zero-order valence-corrected chi connectivity index (χ0v) is 14.4. The molecule has 0 radical (unpaired) electrons. The van der Waals surface area contributed by atoms with E-state index in [9.17, 15) is 13.6 Å². The highest BCUT2D eigenvalue weighted by atomic mass is 32.2. The maximum atomic E-state index is 12.5. The SMILES string of the molecule is COc1ccc(C=C2SC(=Nc3ccccc3)NC2=O)cc1OC(F)F. The number of thioether (sulfide) groups is 1. The number of carbonyl (C=O) groups excluding carboxylic acids is 1. The molecule has 134 valence electrons. The normalized spacial score (nSPS) is 17.0. The monoisotopic (exact) mass is 376 g/mol. The summed E-state index contributed by atoms with van der Waals surface area (Å²) in [6.45, 7) is -2.97. The molecule has 2 aromatic carbocycles. The molecule has 0 aliphatic carbocycles. The zero-order valence-electron chi connectivity index (χ0n) is 13.6. The number of amides is 1. The number of nitrogens with one attached hydrogen (secondary N) is 1. The van der Waals surface area contributed by atoms with E-state index in [0.717, 1.165) is 0 Å². The predicted molar refractivity (Wildman–Crippen MR) is 96.9 cm³/mol. The number of hydrogen-bond acceptors (Lipinski definition) is 5. The van der Waals surface area contributed by atoms with Crippen LogP contribution in [0.5, 0.6) is 11.5 Å². The van der Waals surface area contributed by atoms with Crippen molar-refractivity contribution in [2.75, 3.05) is 7.11 Å². The molecule has 8 heteroatoms. The van der Waals surface area contributed by atoms with Crippen LogP contribution >= 0.6 is 11.8 Å². The standard InChI is InChI=1S/C18H14F2N2O3S/c1-24-13-8-7-11(9-14(13)25-17(19)20)10-15-16(23)22-18(26-15)21-12-5-3-2-4-6-12/h2-10,17H,1H3,(H,21,22,23). The lowest BCUT2D eigenvalue weighted by Gasteiger charge is -2.10. The lowest BCUT2D eigenvalue weighted by Crippen LogP contribution is -2.19. The van der Waals surface area contributed by atoms with Gasteiger partial charge in [-0.3, -0.25) is 4.79 Å². The first-order valence-corrected chi connectivity index (χ1v) is 8.34. The summed E-state index contributed by atoms with van der Waals surface area (Å²) >= 11 is 1.17. The summed E-state index contributed by atoms with van der Waals surface area (Å²) in [5, 5.41) is 3.12. The van der Waals surface area contributed by atoms with Gasteiger partial charge in [-0.25, -0.2) is 4.99 Å². The van der Waals surface area contributed by atoms with Crippen LogP contribution in [0.15, 0.2) is 58.4 Å². The molecule has 1 fully saturated rings. The van der Waals surface area contributed by atoms with E-state index in [1.165, 1.54) is 31.0 Å². The Bertz CT molecular complexity index is 870. The van der Waals surface area contributed by atoms with E-state index in [0.29, 0.717) is 21.3 Å². The number of aliphatic imine (C=N–C) groups is 1. The summed E-state index contributed by atoms with van der Waals surface area (Å²) in [7, 11) is 1.36. The predicted octanol–water partition coefficient (Wildman–Crippen LogP) is 4.19. The Balaban J connectivity index is 1.83. The first-order chi connectivity index (χ1) is 12.5. The summed E-state index contributed by atoms with van der Waals surface area (Å²) < 4.78 is 34.5. The van der Waals surface area contributed by atoms with Gasteiger partial charge in [-0.1, -0.05) is 24.3 Å². The first kappa shape index (κ1) is 17.9. The van der Waals surface area contributed by atoms with Crippen molar-refractivity contribution in [2.45, 2.75) is 6.61 Å². The van der Waals surface area contributed by atoms with Crippen LogP contribution in [0.3, 0.4) is 0 Å². The molecule has 1 heterocycles. The van der Waals surface area contributed by atoms with Crippen molar-refractivity contribution >= 4 is 34.6 Å². The number of halogens is 2. The molecule has 1 N–H and O–H groups in total. The second-order valence-electron chi connectivity index (χ2n) is 5.11. The maximum Gasteiger partial charge on any atom is 0.387 e. The number of amidine groups is 1. The zero-order chi connectivity index (χ0) is 18.5. The highest BCUT2D eigenvalue weighted by Crippen LogP contribution is 2.33. The molecule has 0 spiro atoms. The van der Waals surface area contributed by atoms with Crippen LogP contribution in [-0.4, -0.2) is 24.8 Å². The van der Waals surface area contributed by atoms with Crippen LogP contribution in [-0.2, 0) is 4.79 Å². The van der Waals surface area contributed by atoms with Crippen molar-refractivity contribution in [1.82, 2.24) is 5.32 Å². The molecule has 0 unspecified atom stereocenters. The maximum absolute atomic E-state index is 12.5. The molecule has 1 amide bonds. The molecule has 2 aromatic rings. The highest BCUT2D eigenvalue weighted by molar-refractivity contribution is 8.18. The third-order valence-electron chi connectivity index (χ3n) is 3.34. The fraction of sp³-hybridized carbons (Fsp3) is 0.111. The number of ether oxygens (including phenoxy) is 2. The molecule has 0 saturated carbocycles. The van der Waals surface area contributed by atoms with Gasteiger partial charge < -0.3 is 14.8 Å². The molecule has 1 saturated heterocycles. The smallest absolute Gasteiger partial charge is 0.387 e. The van der Waals surface area contributed by atoms with E-state index in [1.54, 1.807) is 12.1 Å². The molecular weight excluding hydrogens is 362 g/mol. The number of alkyl halides is 2. The highest BCUT2D eigenvalue weighted by Gasteiger charge is 2.24. The third-order valence-corrected chi connectivity index (χ3v) is 4.25. The van der Waals surface area contributed by atoms with Crippen molar-refractivity contribution in [2.24, 2.45) is 4.99 Å². The topological polar surface area (TPSA) is 59.9 Å². The number of benzene rings is 2. The molecule has 1 aliphatic heterocycles. The van der Waals surface area contributed by atoms with E-state index in [2.05, 4.69) is 15.0 Å². The van der Waals surface area contributed by atoms with E-state index in [-0.39, 0.29) is 17.4 Å². The average Bonchev–Trinajstić information content (AvgIpc) is 2.94. The van der Waals surface area contributed by atoms with Crippen LogP contribution in [0.2, 0.25) is 0 Å². The van der Waals surface area contributed by atoms with Crippen molar-refractivity contribution < 1.29 is 23.0 Å². The second kappa shape index (κ2) is 8.01. The summed E-state index contributed by atoms with van der Waals surface area (Å²) in [6, 6.07) is 13.7. The Morgan fingerprint density at radius 2 is 1.92 bits per heavy atom. The summed E-state index contributed by atoms with van der Waals surface area (Å²) in [4.78, 5) is 16.9. The Hall–Kier alpha value is -2.87. The molecule has 0 aromatic heterocycles. The van der Waals surface area contributed by atoms with Gasteiger partial charge in [0.1, 0.15) is 0 Å². The number of carbonyl (C=O) groups is 1. The van der Waals surface area contributed by atoms with Crippen LogP contribution in [0.25, 0.3) is 6.08 Å². The van der Waals surface area contributed by atoms with E-state index in [1.807, 2.05) is 30.3 Å². The molecular formula is C18H14F2N2O3S. The van der Waals surface area contributed by atoms with Gasteiger partial charge in [0.15, 0.2) is 16.7 Å². The third kappa shape index (κ3) is 4.40. The minimum Gasteiger partial charge on any atom is -0.493 e. The van der Waals surface area contributed by atoms with Gasteiger partial charge >= 0.3 is 6.61 Å². The van der Waals surface area contributed by atoms with Crippen molar-refractivity contribution in [3.05, 3.63) is 59.0 Å². The minimum absolute atomic E-state index is 0.0987. The molecule has 0 atom stereocenters. The lowest BCUT2D eigenvalue weighted by molar-refractivity contribution is -0.115. The Kier molecular flexibility index (Phi) is 5.52. The number of hydrogen-bond donors (Lipinski definition) is 1. The van der Waals surface area contributed by atoms with E-state index >= 15 is 0 Å². The van der Waals surface area contributed by atoms with Gasteiger partial charge in [-0.2, -0.15) is 8.78 Å². The second-order valence-corrected chi connectivity index (χ2v) is 6.14. The fourth-order valence-electron chi connectivity index (χ4n) is 2.22. The quantitative estimate of drug-likeness (QED) is 0.795. The van der Waals surface area contributed by atoms with Gasteiger partial charge in [0.2, 0.25) is 0 Å². The average molecular weight is 376 g/mol. The van der Waals surface area contributed by atoms with E-state index < -0.39 is 6.61 Å². The number of rotatable bonds is 5. The van der Waals surface area contributed by atoms with Crippen LogP contribution < -0.4 is 14.8 Å². The fourth-order valence-corrected chi connectivity index (χ4v) is 3.06. The Morgan fingerprint density at radius 3 is 2.62 bits per heavy atom. The van der Waals surface area contributed by atoms with Gasteiger partial charge in [-0.15, -0.1) is 0 Å². The van der Waals surface area contributed by atoms with E-state index in [4.69, 9.17) is 4.74 Å². The van der Waals surface area contributed by atoms with Gasteiger partial charge in [0, 0.05) is 0 Å². The summed E-state index contributed by atoms with van der Waals surface area (Å²) in [5.41, 5.74) is 1.24. The van der Waals surface area contributed by atoms with Crippen molar-refractivity contribution in [1.29, 1.82) is 0 Å². The Morgan fingerprint density at radius 1 is 1.15 bits per heavy atom. The van der Waals surface area contributed by atoms with Gasteiger partial charge in [0.05, 0.1) is 17.7 Å². The molecule has 1 aliphatic rings. The van der Waals surface area contributed by atoms with Gasteiger partial charge in [-0.05, 0) is 47.7 Å². The Labute approximate surface area is 152 Å². The van der Waals surface area contributed by atoms with Crippen molar-refractivity contribution in [3.63, 3.8) is 0 Å². The lowest BCUT2D eigenvalue weighted by atomic mass is 10.2. The van der Waals surface area contributed by atoms with Crippen LogP contribution in [0.1, 0.15) is 5.56 Å². The van der Waals surface area contributed by atoms with Crippen LogP contribution in [0, 0.1) is 0 Å². The largest absolute Gasteiger partial charge is 0.493 e. The molecule has 5 nitrogen and oxygen atoms in total.